The van der Waals surface area contributed by atoms with E-state index >= 15 is 8.78 Å². The highest BCUT2D eigenvalue weighted by Crippen LogP contribution is 2.57. The lowest BCUT2D eigenvalue weighted by molar-refractivity contribution is -0.0539. The molecule has 10 atom stereocenters. The Bertz CT molecular complexity index is 1770. The van der Waals surface area contributed by atoms with Gasteiger partial charge in [-0.3, -0.25) is 22.7 Å². The number of nitrogen functional groups attached to an aromatic ring is 2. The first-order valence-corrected chi connectivity index (χ1v) is 16.5. The highest BCUT2D eigenvalue weighted by molar-refractivity contribution is 8.44. The zero-order valence-electron chi connectivity index (χ0n) is 21.5. The summed E-state index contributed by atoms with van der Waals surface area (Å²) in [4.78, 5) is 24.0. The van der Waals surface area contributed by atoms with Gasteiger partial charge in [-0.1, -0.05) is 12.2 Å². The standard InChI is InChI=1S/C20H22F2N10O8P2S/c21-9-13-8(38-19(9)31-5-29-11-15(23)25-3-27-17(11)31)2-36-42(34,43)40-14-7(1-35-41(33)39-13)37-20(10(14)22)32-6-30-12-16(24)26-4-28-18(12)32/h3-10,13-14,19-20,41H,1-2H2,(H,34,43)(H2,23,25,27)(H2,24,26,28)/t7-,8?,9-,10-,13-,14-,19-,20-,42-/m1/s1. The molecule has 0 radical (unpaired) electrons. The van der Waals surface area contributed by atoms with Crippen molar-refractivity contribution >= 4 is 61.3 Å². The van der Waals surface area contributed by atoms with Crippen LogP contribution in [-0.2, 0) is 36.7 Å². The number of fused-ring (bicyclic) bond motifs is 4. The second kappa shape index (κ2) is 10.9. The third-order valence-electron chi connectivity index (χ3n) is 7.11. The molecule has 43 heavy (non-hydrogen) atoms. The van der Waals surface area contributed by atoms with Crippen molar-refractivity contribution in [2.24, 2.45) is 0 Å². The van der Waals surface area contributed by atoms with Gasteiger partial charge in [0.25, 0.3) is 0 Å². The van der Waals surface area contributed by atoms with Gasteiger partial charge in [-0.15, -0.1) is 0 Å². The lowest BCUT2D eigenvalue weighted by atomic mass is 10.1. The summed E-state index contributed by atoms with van der Waals surface area (Å²) in [7, 11) is -3.44. The van der Waals surface area contributed by atoms with E-state index in [1.165, 1.54) is 34.4 Å². The van der Waals surface area contributed by atoms with Gasteiger partial charge in [0, 0.05) is 0 Å². The number of nitrogens with two attached hydrogens (primary N) is 2. The monoisotopic (exact) mass is 662 g/mol. The third-order valence-corrected chi connectivity index (χ3v) is 9.59. The second-order valence-corrected chi connectivity index (χ2v) is 13.6. The van der Waals surface area contributed by atoms with Crippen LogP contribution in [-0.4, -0.2) is 89.0 Å². The fourth-order valence-electron chi connectivity index (χ4n) is 5.13. The van der Waals surface area contributed by atoms with Gasteiger partial charge in [0.05, 0.1) is 25.9 Å². The van der Waals surface area contributed by atoms with Gasteiger partial charge in [-0.25, -0.2) is 43.2 Å². The molecule has 3 fully saturated rings. The van der Waals surface area contributed by atoms with Crippen LogP contribution in [0.25, 0.3) is 22.3 Å². The fraction of sp³-hybridized carbons (Fsp3) is 0.500. The van der Waals surface area contributed by atoms with Crippen molar-refractivity contribution in [1.82, 2.24) is 39.0 Å². The normalized spacial score (nSPS) is 37.1. The number of halogens is 2. The van der Waals surface area contributed by atoms with Crippen molar-refractivity contribution in [3.05, 3.63) is 25.3 Å². The third kappa shape index (κ3) is 5.07. The summed E-state index contributed by atoms with van der Waals surface area (Å²) < 4.78 is 93.6. The van der Waals surface area contributed by atoms with Gasteiger partial charge in [-0.05, 0) is 0 Å². The molecule has 2 unspecified atom stereocenters. The molecule has 4 aromatic rings. The first kappa shape index (κ1) is 28.9. The molecule has 0 saturated carbocycles. The smallest absolute Gasteiger partial charge is 0.382 e. The van der Waals surface area contributed by atoms with E-state index in [2.05, 4.69) is 42.2 Å². The van der Waals surface area contributed by atoms with E-state index in [9.17, 15) is 9.13 Å². The molecule has 0 amide bonds. The highest BCUT2D eigenvalue weighted by Gasteiger charge is 2.53. The number of nitrogens with zero attached hydrogens (tertiary/aromatic N) is 8. The van der Waals surface area contributed by atoms with E-state index < -0.39 is 77.5 Å². The van der Waals surface area contributed by atoms with Crippen molar-refractivity contribution in [2.75, 3.05) is 24.7 Å². The van der Waals surface area contributed by atoms with Crippen LogP contribution in [0.3, 0.4) is 0 Å². The molecule has 4 N–H and O–H groups in total. The molecule has 7 rings (SSSR count). The Morgan fingerprint density at radius 2 is 1.40 bits per heavy atom. The Morgan fingerprint density at radius 3 is 1.98 bits per heavy atom. The van der Waals surface area contributed by atoms with Crippen molar-refractivity contribution in [2.45, 2.75) is 49.2 Å². The van der Waals surface area contributed by atoms with Crippen LogP contribution < -0.4 is 11.5 Å². The number of anilines is 2. The van der Waals surface area contributed by atoms with E-state index in [4.69, 9.17) is 39.0 Å². The summed E-state index contributed by atoms with van der Waals surface area (Å²) in [5.41, 5.74) is 12.4. The van der Waals surface area contributed by atoms with Crippen molar-refractivity contribution in [3.8, 4) is 0 Å². The van der Waals surface area contributed by atoms with E-state index in [1.807, 2.05) is 0 Å². The number of alkyl halides is 2. The topological polar surface area (TPSA) is 229 Å². The lowest BCUT2D eigenvalue weighted by Gasteiger charge is -2.26. The maximum Gasteiger partial charge on any atom is 0.386 e. The summed E-state index contributed by atoms with van der Waals surface area (Å²) in [6.07, 6.45) is -7.59. The molecular weight excluding hydrogens is 640 g/mol. The number of aromatic nitrogens is 8. The number of rotatable bonds is 2. The van der Waals surface area contributed by atoms with E-state index in [0.717, 1.165) is 0 Å². The zero-order valence-corrected chi connectivity index (χ0v) is 24.3. The van der Waals surface area contributed by atoms with E-state index in [-0.39, 0.29) is 34.0 Å². The number of thiol groups is 1. The van der Waals surface area contributed by atoms with Crippen LogP contribution in [0.1, 0.15) is 12.5 Å². The van der Waals surface area contributed by atoms with Gasteiger partial charge in [0.1, 0.15) is 48.1 Å². The molecule has 0 aliphatic carbocycles. The van der Waals surface area contributed by atoms with Gasteiger partial charge in [-0.2, -0.15) is 0 Å². The minimum Gasteiger partial charge on any atom is -0.382 e. The maximum atomic E-state index is 15.9. The first-order chi connectivity index (χ1) is 20.6. The van der Waals surface area contributed by atoms with Crippen LogP contribution in [0.15, 0.2) is 25.3 Å². The Morgan fingerprint density at radius 1 is 0.860 bits per heavy atom. The molecule has 4 aromatic heterocycles. The molecule has 0 spiro atoms. The SMILES string of the molecule is Nc1ncnc2c1ncn2[C@@H]1O[C@@H]2CO[PH](=O)O[C@@H]3C(CO[P@@](=O)(S)O[C@H]2[C@H]1F)O[C@@H](n1cnc2c(N)ncnc21)[C@@H]3F. The summed E-state index contributed by atoms with van der Waals surface area (Å²) in [5, 5.41) is 0. The molecule has 18 nitrogen and oxygen atoms in total. The molecular formula is C20H22F2N10O8P2S. The Balaban J connectivity index is 1.14. The largest absolute Gasteiger partial charge is 0.386 e. The lowest BCUT2D eigenvalue weighted by Crippen LogP contribution is -2.36. The fourth-order valence-corrected chi connectivity index (χ4v) is 7.49. The Labute approximate surface area is 245 Å². The van der Waals surface area contributed by atoms with Crippen LogP contribution >= 0.6 is 27.3 Å². The number of imidazole rings is 2. The first-order valence-electron chi connectivity index (χ1n) is 12.6. The minimum absolute atomic E-state index is 0.0621. The number of ether oxygens (including phenoxy) is 2. The predicted octanol–water partition coefficient (Wildman–Crippen LogP) is 1.55. The average Bonchev–Trinajstić information content (AvgIpc) is 3.73. The zero-order chi connectivity index (χ0) is 30.0. The summed E-state index contributed by atoms with van der Waals surface area (Å²) >= 11 is 3.99. The van der Waals surface area contributed by atoms with Crippen LogP contribution in [0.2, 0.25) is 0 Å². The number of hydrogen-bond donors (Lipinski definition) is 3. The molecule has 3 saturated heterocycles. The molecule has 3 aliphatic heterocycles. The van der Waals surface area contributed by atoms with Gasteiger partial charge >= 0.3 is 15.1 Å². The highest BCUT2D eigenvalue weighted by atomic mass is 32.7. The van der Waals surface area contributed by atoms with Crippen LogP contribution in [0, 0.1) is 0 Å². The summed E-state index contributed by atoms with van der Waals surface area (Å²) in [6, 6.07) is 0. The molecule has 0 bridgehead atoms. The van der Waals surface area contributed by atoms with Gasteiger partial charge < -0.3 is 30.0 Å². The average molecular weight is 662 g/mol. The van der Waals surface area contributed by atoms with E-state index in [0.29, 0.717) is 0 Å². The number of hydrogen-bond acceptors (Lipinski definition) is 16. The predicted molar refractivity (Wildman–Crippen MR) is 144 cm³/mol. The quantitative estimate of drug-likeness (QED) is 0.204. The van der Waals surface area contributed by atoms with Crippen LogP contribution in [0.5, 0.6) is 0 Å². The van der Waals surface area contributed by atoms with Crippen molar-refractivity contribution in [1.29, 1.82) is 0 Å². The molecule has 0 aromatic carbocycles. The Kier molecular flexibility index (Phi) is 7.34. The Hall–Kier alpha value is -2.87. The second-order valence-electron chi connectivity index (χ2n) is 9.66. The molecule has 3 aliphatic rings. The molecule has 230 valence electrons. The van der Waals surface area contributed by atoms with Crippen molar-refractivity contribution < 1.29 is 45.5 Å². The summed E-state index contributed by atoms with van der Waals surface area (Å²) in [6.45, 7) is -5.52. The maximum absolute atomic E-state index is 15.9. The van der Waals surface area contributed by atoms with Crippen LogP contribution in [0.4, 0.5) is 20.4 Å². The van der Waals surface area contributed by atoms with E-state index in [1.54, 1.807) is 0 Å². The molecule has 7 heterocycles. The molecule has 23 heteroatoms. The van der Waals surface area contributed by atoms with Gasteiger partial charge in [0.2, 0.25) is 0 Å². The van der Waals surface area contributed by atoms with Gasteiger partial charge in [0.15, 0.2) is 47.7 Å². The summed E-state index contributed by atoms with van der Waals surface area (Å²) in [5.74, 6) is 0.127. The minimum atomic E-state index is -4.35. The van der Waals surface area contributed by atoms with Crippen molar-refractivity contribution in [3.63, 3.8) is 0 Å².